The molecule has 0 saturated heterocycles. The number of hydrogen-bond acceptors (Lipinski definition) is 3. The third kappa shape index (κ3) is 2.44. The molecule has 2 nitrogen and oxygen atoms in total. The molecule has 1 aromatic rings. The van der Waals surface area contributed by atoms with Crippen molar-refractivity contribution in [3.63, 3.8) is 0 Å². The lowest BCUT2D eigenvalue weighted by atomic mass is 10.2. The molecule has 0 bridgehead atoms. The smallest absolute Gasteiger partial charge is 0.0897 e. The number of nitrogens with zero attached hydrogens (tertiary/aromatic N) is 1. The maximum atomic E-state index is 5.66. The molecule has 0 amide bonds. The normalized spacial score (nSPS) is 12.9. The fourth-order valence-corrected chi connectivity index (χ4v) is 1.45. The Morgan fingerprint density at radius 3 is 3.09 bits per heavy atom. The number of nitrogens with two attached hydrogens (primary N) is 1. The van der Waals surface area contributed by atoms with E-state index in [1.165, 1.54) is 0 Å². The van der Waals surface area contributed by atoms with Crippen LogP contribution < -0.4 is 5.73 Å². The van der Waals surface area contributed by atoms with Gasteiger partial charge in [-0.2, -0.15) is 0 Å². The summed E-state index contributed by atoms with van der Waals surface area (Å²) >= 11 is 1.66. The van der Waals surface area contributed by atoms with Gasteiger partial charge in [0.25, 0.3) is 0 Å². The Morgan fingerprint density at radius 1 is 1.91 bits per heavy atom. The first kappa shape index (κ1) is 8.43. The van der Waals surface area contributed by atoms with Gasteiger partial charge in [0.1, 0.15) is 0 Å². The largest absolute Gasteiger partial charge is 0.324 e. The lowest BCUT2D eigenvalue weighted by Gasteiger charge is -2.00. The molecule has 0 fully saturated rings. The second kappa shape index (κ2) is 3.64. The molecule has 1 heterocycles. The average molecular weight is 168 g/mol. The van der Waals surface area contributed by atoms with Gasteiger partial charge in [-0.25, -0.2) is 4.98 Å². The maximum absolute atomic E-state index is 5.66. The molecule has 0 radical (unpaired) electrons. The Morgan fingerprint density at radius 2 is 2.64 bits per heavy atom. The number of thiazole rings is 1. The Kier molecular flexibility index (Phi) is 2.79. The van der Waals surface area contributed by atoms with Crippen LogP contribution in [0.2, 0.25) is 0 Å². The first-order valence-electron chi connectivity index (χ1n) is 3.51. The van der Waals surface area contributed by atoms with E-state index in [2.05, 4.69) is 11.6 Å². The fourth-order valence-electron chi connectivity index (χ4n) is 0.827. The molecule has 0 aromatic carbocycles. The molecule has 1 rings (SSSR count). The molecule has 3 heteroatoms. The highest BCUT2D eigenvalue weighted by Gasteiger charge is 2.01. The van der Waals surface area contributed by atoms with Crippen LogP contribution in [-0.2, 0) is 6.42 Å². The van der Waals surface area contributed by atoms with Gasteiger partial charge >= 0.3 is 0 Å². The molecule has 1 unspecified atom stereocenters. The second-order valence-electron chi connectivity index (χ2n) is 2.46. The summed E-state index contributed by atoms with van der Waals surface area (Å²) in [5, 5.41) is 3.13. The van der Waals surface area contributed by atoms with E-state index in [4.69, 9.17) is 5.73 Å². The molecular weight excluding hydrogens is 156 g/mol. The van der Waals surface area contributed by atoms with E-state index in [1.54, 1.807) is 17.4 Å². The van der Waals surface area contributed by atoms with Crippen LogP contribution >= 0.6 is 11.3 Å². The monoisotopic (exact) mass is 168 g/mol. The Labute approximate surface area is 70.8 Å². The van der Waals surface area contributed by atoms with E-state index >= 15 is 0 Å². The lowest BCUT2D eigenvalue weighted by molar-refractivity contribution is 0.793. The molecular formula is C8H12N2S. The summed E-state index contributed by atoms with van der Waals surface area (Å²) in [6.07, 6.45) is 2.54. The van der Waals surface area contributed by atoms with Gasteiger partial charge in [-0.3, -0.25) is 0 Å². The highest BCUT2D eigenvalue weighted by Crippen LogP contribution is 2.09. The number of aryl methyl sites for hydroxylation is 1. The van der Waals surface area contributed by atoms with Crippen LogP contribution in [0.25, 0.3) is 0 Å². The van der Waals surface area contributed by atoms with Crippen LogP contribution in [0.15, 0.2) is 18.0 Å². The summed E-state index contributed by atoms with van der Waals surface area (Å²) in [5.41, 5.74) is 6.73. The molecule has 0 aliphatic carbocycles. The number of rotatable bonds is 3. The topological polar surface area (TPSA) is 38.9 Å². The first-order valence-corrected chi connectivity index (χ1v) is 4.39. The third-order valence-corrected chi connectivity index (χ3v) is 2.24. The predicted molar refractivity (Wildman–Crippen MR) is 48.7 cm³/mol. The highest BCUT2D eigenvalue weighted by molar-refractivity contribution is 7.09. The van der Waals surface area contributed by atoms with E-state index in [9.17, 15) is 0 Å². The molecule has 0 aliphatic rings. The van der Waals surface area contributed by atoms with Crippen molar-refractivity contribution in [3.05, 3.63) is 28.7 Å². The van der Waals surface area contributed by atoms with Crippen LogP contribution in [0, 0.1) is 6.92 Å². The van der Waals surface area contributed by atoms with Crippen molar-refractivity contribution in [1.29, 1.82) is 0 Å². The zero-order chi connectivity index (χ0) is 8.27. The molecule has 0 saturated carbocycles. The minimum atomic E-state index is 0.0384. The zero-order valence-corrected chi connectivity index (χ0v) is 7.40. The van der Waals surface area contributed by atoms with E-state index in [1.807, 2.05) is 12.3 Å². The fraction of sp³-hybridized carbons (Fsp3) is 0.375. The van der Waals surface area contributed by atoms with Crippen molar-refractivity contribution in [2.24, 2.45) is 5.73 Å². The van der Waals surface area contributed by atoms with Crippen molar-refractivity contribution in [2.45, 2.75) is 19.4 Å². The number of hydrogen-bond donors (Lipinski definition) is 1. The SMILES string of the molecule is C=CC(N)Cc1csc(C)n1. The molecule has 0 aliphatic heterocycles. The van der Waals surface area contributed by atoms with Crippen LogP contribution in [0.5, 0.6) is 0 Å². The Hall–Kier alpha value is -0.670. The summed E-state index contributed by atoms with van der Waals surface area (Å²) in [6.45, 7) is 5.61. The highest BCUT2D eigenvalue weighted by atomic mass is 32.1. The summed E-state index contributed by atoms with van der Waals surface area (Å²) in [4.78, 5) is 4.29. The molecule has 11 heavy (non-hydrogen) atoms. The van der Waals surface area contributed by atoms with Crippen LogP contribution in [0.3, 0.4) is 0 Å². The van der Waals surface area contributed by atoms with Crippen LogP contribution in [0.4, 0.5) is 0 Å². The lowest BCUT2D eigenvalue weighted by Crippen LogP contribution is -2.19. The van der Waals surface area contributed by atoms with Crippen molar-refractivity contribution in [1.82, 2.24) is 4.98 Å². The van der Waals surface area contributed by atoms with E-state index in [0.29, 0.717) is 0 Å². The van der Waals surface area contributed by atoms with E-state index in [-0.39, 0.29) is 6.04 Å². The third-order valence-electron chi connectivity index (χ3n) is 1.41. The Balaban J connectivity index is 2.57. The summed E-state index contributed by atoms with van der Waals surface area (Å²) < 4.78 is 0. The van der Waals surface area contributed by atoms with Gasteiger partial charge in [-0.05, 0) is 6.92 Å². The maximum Gasteiger partial charge on any atom is 0.0897 e. The van der Waals surface area contributed by atoms with Crippen molar-refractivity contribution < 1.29 is 0 Å². The van der Waals surface area contributed by atoms with Crippen molar-refractivity contribution in [2.75, 3.05) is 0 Å². The van der Waals surface area contributed by atoms with Crippen molar-refractivity contribution >= 4 is 11.3 Å². The summed E-state index contributed by atoms with van der Waals surface area (Å²) in [5.74, 6) is 0. The van der Waals surface area contributed by atoms with Gasteiger partial charge in [0.2, 0.25) is 0 Å². The quantitative estimate of drug-likeness (QED) is 0.695. The van der Waals surface area contributed by atoms with Gasteiger partial charge in [-0.1, -0.05) is 6.08 Å². The van der Waals surface area contributed by atoms with Gasteiger partial charge < -0.3 is 5.73 Å². The van der Waals surface area contributed by atoms with E-state index in [0.717, 1.165) is 17.1 Å². The minimum Gasteiger partial charge on any atom is -0.324 e. The average Bonchev–Trinajstić information content (AvgIpc) is 2.35. The minimum absolute atomic E-state index is 0.0384. The Bertz CT molecular complexity index is 242. The first-order chi connectivity index (χ1) is 5.22. The number of aromatic nitrogens is 1. The molecule has 0 spiro atoms. The zero-order valence-electron chi connectivity index (χ0n) is 6.58. The van der Waals surface area contributed by atoms with Crippen molar-refractivity contribution in [3.8, 4) is 0 Å². The molecule has 1 atom stereocenters. The van der Waals surface area contributed by atoms with Gasteiger partial charge in [0, 0.05) is 17.8 Å². The van der Waals surface area contributed by atoms with Gasteiger partial charge in [-0.15, -0.1) is 17.9 Å². The van der Waals surface area contributed by atoms with E-state index < -0.39 is 0 Å². The van der Waals surface area contributed by atoms with Gasteiger partial charge in [0.05, 0.1) is 10.7 Å². The summed E-state index contributed by atoms with van der Waals surface area (Å²) in [6, 6.07) is 0.0384. The second-order valence-corrected chi connectivity index (χ2v) is 3.52. The van der Waals surface area contributed by atoms with Crippen LogP contribution in [-0.4, -0.2) is 11.0 Å². The van der Waals surface area contributed by atoms with Crippen LogP contribution in [0.1, 0.15) is 10.7 Å². The molecule has 60 valence electrons. The summed E-state index contributed by atoms with van der Waals surface area (Å²) in [7, 11) is 0. The predicted octanol–water partition coefficient (Wildman–Crippen LogP) is 1.51. The molecule has 2 N–H and O–H groups in total. The molecule has 1 aromatic heterocycles. The van der Waals surface area contributed by atoms with Gasteiger partial charge in [0.15, 0.2) is 0 Å². The standard InChI is InChI=1S/C8H12N2S/c1-3-7(9)4-8-5-11-6(2)10-8/h3,5,7H,1,4,9H2,2H3.